The van der Waals surface area contributed by atoms with Gasteiger partial charge in [-0.3, -0.25) is 9.59 Å². The highest BCUT2D eigenvalue weighted by molar-refractivity contribution is 8.00. The summed E-state index contributed by atoms with van der Waals surface area (Å²) in [6.45, 7) is 8.32. The Bertz CT molecular complexity index is 374. The highest BCUT2D eigenvalue weighted by Gasteiger charge is 2.28. The van der Waals surface area contributed by atoms with Crippen molar-refractivity contribution in [1.82, 2.24) is 15.1 Å². The van der Waals surface area contributed by atoms with Gasteiger partial charge in [-0.2, -0.15) is 0 Å². The highest BCUT2D eigenvalue weighted by atomic mass is 32.2. The molecular weight excluding hydrogens is 290 g/mol. The third-order valence-electron chi connectivity index (χ3n) is 4.17. The molecule has 120 valence electrons. The number of morpholine rings is 1. The predicted octanol–water partition coefficient (Wildman–Crippen LogP) is -0.213. The number of carbonyl (C=O) groups excluding carboxylic acids is 2. The van der Waals surface area contributed by atoms with Gasteiger partial charge in [0.15, 0.2) is 0 Å². The summed E-state index contributed by atoms with van der Waals surface area (Å²) in [5.41, 5.74) is 0. The van der Waals surface area contributed by atoms with E-state index in [0.717, 1.165) is 13.1 Å². The van der Waals surface area contributed by atoms with Gasteiger partial charge in [0.2, 0.25) is 11.8 Å². The first-order valence-corrected chi connectivity index (χ1v) is 8.71. The van der Waals surface area contributed by atoms with Crippen molar-refractivity contribution >= 4 is 23.6 Å². The van der Waals surface area contributed by atoms with Crippen LogP contribution in [0.4, 0.5) is 0 Å². The number of ether oxygens (including phenoxy) is 1. The minimum atomic E-state index is 0.109. The Morgan fingerprint density at radius 3 is 2.52 bits per heavy atom. The third-order valence-corrected chi connectivity index (χ3v) is 5.07. The summed E-state index contributed by atoms with van der Waals surface area (Å²) < 4.78 is 5.23. The second kappa shape index (κ2) is 8.00. The molecule has 0 aromatic rings. The van der Waals surface area contributed by atoms with E-state index in [1.54, 1.807) is 0 Å². The zero-order chi connectivity index (χ0) is 15.2. The fourth-order valence-corrected chi connectivity index (χ4v) is 3.42. The molecule has 0 aromatic heterocycles. The Hall–Kier alpha value is -0.790. The zero-order valence-corrected chi connectivity index (χ0v) is 13.7. The fraction of sp³-hybridized carbons (Fsp3) is 0.857. The minimum Gasteiger partial charge on any atom is -0.378 e. The fourth-order valence-electron chi connectivity index (χ4n) is 2.62. The van der Waals surface area contributed by atoms with E-state index in [1.165, 1.54) is 11.8 Å². The van der Waals surface area contributed by atoms with Crippen molar-refractivity contribution in [3.8, 4) is 0 Å². The molecule has 0 aliphatic carbocycles. The average molecular weight is 315 g/mol. The van der Waals surface area contributed by atoms with E-state index < -0.39 is 0 Å². The van der Waals surface area contributed by atoms with Crippen LogP contribution in [0.2, 0.25) is 0 Å². The SMILES string of the molecule is CC1NCCN(C(=O)CSCC(=O)N2CCOCC2)C1C. The van der Waals surface area contributed by atoms with Gasteiger partial charge in [-0.15, -0.1) is 11.8 Å². The van der Waals surface area contributed by atoms with Gasteiger partial charge < -0.3 is 19.9 Å². The lowest BCUT2D eigenvalue weighted by Crippen LogP contribution is -2.57. The molecule has 0 aromatic carbocycles. The zero-order valence-electron chi connectivity index (χ0n) is 12.8. The molecule has 2 amide bonds. The van der Waals surface area contributed by atoms with Crippen LogP contribution in [0.1, 0.15) is 13.8 Å². The summed E-state index contributed by atoms with van der Waals surface area (Å²) in [5, 5.41) is 3.36. The maximum Gasteiger partial charge on any atom is 0.232 e. The number of nitrogens with one attached hydrogen (secondary N) is 1. The molecule has 2 aliphatic heterocycles. The van der Waals surface area contributed by atoms with Gasteiger partial charge >= 0.3 is 0 Å². The van der Waals surface area contributed by atoms with E-state index in [4.69, 9.17) is 4.74 Å². The topological polar surface area (TPSA) is 61.9 Å². The van der Waals surface area contributed by atoms with Gasteiger partial charge in [0.05, 0.1) is 24.7 Å². The van der Waals surface area contributed by atoms with Crippen LogP contribution in [0.25, 0.3) is 0 Å². The molecule has 0 spiro atoms. The molecule has 1 N–H and O–H groups in total. The minimum absolute atomic E-state index is 0.109. The normalized spacial score (nSPS) is 26.8. The van der Waals surface area contributed by atoms with Crippen molar-refractivity contribution < 1.29 is 14.3 Å². The molecule has 0 radical (unpaired) electrons. The second-order valence-corrected chi connectivity index (χ2v) is 6.54. The van der Waals surface area contributed by atoms with E-state index in [9.17, 15) is 9.59 Å². The number of piperazine rings is 1. The van der Waals surface area contributed by atoms with Crippen LogP contribution in [0.3, 0.4) is 0 Å². The number of hydrogen-bond donors (Lipinski definition) is 1. The van der Waals surface area contributed by atoms with Crippen molar-refractivity contribution in [2.24, 2.45) is 0 Å². The Morgan fingerprint density at radius 2 is 1.81 bits per heavy atom. The van der Waals surface area contributed by atoms with Crippen molar-refractivity contribution in [2.75, 3.05) is 50.9 Å². The molecule has 2 atom stereocenters. The molecule has 2 heterocycles. The van der Waals surface area contributed by atoms with Crippen molar-refractivity contribution in [2.45, 2.75) is 25.9 Å². The Labute approximate surface area is 130 Å². The van der Waals surface area contributed by atoms with E-state index in [2.05, 4.69) is 19.2 Å². The molecule has 2 fully saturated rings. The second-order valence-electron chi connectivity index (χ2n) is 5.56. The number of amides is 2. The van der Waals surface area contributed by atoms with E-state index in [1.807, 2.05) is 9.80 Å². The Balaban J connectivity index is 1.70. The van der Waals surface area contributed by atoms with Crippen LogP contribution in [0, 0.1) is 0 Å². The summed E-state index contributed by atoms with van der Waals surface area (Å²) in [6.07, 6.45) is 0. The van der Waals surface area contributed by atoms with E-state index in [-0.39, 0.29) is 17.9 Å². The van der Waals surface area contributed by atoms with Crippen molar-refractivity contribution in [3.05, 3.63) is 0 Å². The molecule has 6 nitrogen and oxygen atoms in total. The summed E-state index contributed by atoms with van der Waals surface area (Å²) in [5.74, 6) is 1.00. The van der Waals surface area contributed by atoms with E-state index >= 15 is 0 Å². The molecule has 0 bridgehead atoms. The summed E-state index contributed by atoms with van der Waals surface area (Å²) in [7, 11) is 0. The van der Waals surface area contributed by atoms with Crippen LogP contribution in [-0.4, -0.2) is 84.6 Å². The van der Waals surface area contributed by atoms with Gasteiger partial charge in [0.1, 0.15) is 0 Å². The number of rotatable bonds is 4. The van der Waals surface area contributed by atoms with Crippen molar-refractivity contribution in [3.63, 3.8) is 0 Å². The maximum absolute atomic E-state index is 12.2. The van der Waals surface area contributed by atoms with Gasteiger partial charge in [-0.05, 0) is 13.8 Å². The van der Waals surface area contributed by atoms with Crippen LogP contribution in [-0.2, 0) is 14.3 Å². The Morgan fingerprint density at radius 1 is 1.14 bits per heavy atom. The molecule has 21 heavy (non-hydrogen) atoms. The smallest absolute Gasteiger partial charge is 0.232 e. The summed E-state index contributed by atoms with van der Waals surface area (Å²) >= 11 is 1.42. The predicted molar refractivity (Wildman–Crippen MR) is 83.4 cm³/mol. The molecule has 2 saturated heterocycles. The van der Waals surface area contributed by atoms with Gasteiger partial charge in [-0.25, -0.2) is 0 Å². The molecule has 7 heteroatoms. The van der Waals surface area contributed by atoms with Gasteiger partial charge in [-0.1, -0.05) is 0 Å². The molecule has 0 saturated carbocycles. The third kappa shape index (κ3) is 4.59. The quantitative estimate of drug-likeness (QED) is 0.778. The molecular formula is C14H25N3O3S. The van der Waals surface area contributed by atoms with Gasteiger partial charge in [0, 0.05) is 38.3 Å². The first kappa shape index (κ1) is 16.6. The summed E-state index contributed by atoms with van der Waals surface area (Å²) in [4.78, 5) is 28.0. The number of hydrogen-bond acceptors (Lipinski definition) is 5. The monoisotopic (exact) mass is 315 g/mol. The number of thioether (sulfide) groups is 1. The number of nitrogens with zero attached hydrogens (tertiary/aromatic N) is 2. The highest BCUT2D eigenvalue weighted by Crippen LogP contribution is 2.12. The van der Waals surface area contributed by atoms with Crippen LogP contribution in [0.15, 0.2) is 0 Å². The molecule has 2 rings (SSSR count). The van der Waals surface area contributed by atoms with Crippen LogP contribution < -0.4 is 5.32 Å². The standard InChI is InChI=1S/C14H25N3O3S/c1-11-12(2)17(4-3-15-11)14(19)10-21-9-13(18)16-5-7-20-8-6-16/h11-12,15H,3-10H2,1-2H3. The van der Waals surface area contributed by atoms with Crippen LogP contribution >= 0.6 is 11.8 Å². The number of carbonyl (C=O) groups is 2. The van der Waals surface area contributed by atoms with Gasteiger partial charge in [0.25, 0.3) is 0 Å². The lowest BCUT2D eigenvalue weighted by Gasteiger charge is -2.38. The lowest BCUT2D eigenvalue weighted by molar-refractivity contribution is -0.132. The maximum atomic E-state index is 12.2. The molecule has 2 aliphatic rings. The first-order valence-electron chi connectivity index (χ1n) is 7.55. The Kier molecular flexibility index (Phi) is 6.32. The van der Waals surface area contributed by atoms with Crippen LogP contribution in [0.5, 0.6) is 0 Å². The lowest BCUT2D eigenvalue weighted by atomic mass is 10.1. The average Bonchev–Trinajstić information content (AvgIpc) is 2.50. The summed E-state index contributed by atoms with van der Waals surface area (Å²) in [6, 6.07) is 0.532. The van der Waals surface area contributed by atoms with Crippen molar-refractivity contribution in [1.29, 1.82) is 0 Å². The first-order chi connectivity index (χ1) is 10.1. The molecule has 2 unspecified atom stereocenters. The largest absolute Gasteiger partial charge is 0.378 e. The van der Waals surface area contributed by atoms with E-state index in [0.29, 0.717) is 43.9 Å².